The Bertz CT molecular complexity index is 916. The first-order chi connectivity index (χ1) is 11.6. The minimum Gasteiger partial charge on any atom is -0.480 e. The third-order valence-corrected chi connectivity index (χ3v) is 5.68. The van der Waals surface area contributed by atoms with Crippen molar-refractivity contribution in [2.45, 2.75) is 24.3 Å². The van der Waals surface area contributed by atoms with Crippen molar-refractivity contribution in [2.24, 2.45) is 5.73 Å². The highest BCUT2D eigenvalue weighted by Gasteiger charge is 2.19. The fourth-order valence-electron chi connectivity index (χ4n) is 2.13. The number of rotatable bonds is 6. The van der Waals surface area contributed by atoms with Crippen LogP contribution in [0.3, 0.4) is 0 Å². The molecule has 0 saturated heterocycles. The average molecular weight is 403 g/mol. The molecule has 0 aliphatic rings. The molecule has 0 aliphatic heterocycles. The minimum absolute atomic E-state index is 0.00300. The van der Waals surface area contributed by atoms with Crippen LogP contribution in [0.2, 0.25) is 10.0 Å². The van der Waals surface area contributed by atoms with Crippen LogP contribution in [0.1, 0.15) is 11.1 Å². The molecule has 2 rings (SSSR count). The van der Waals surface area contributed by atoms with Crippen LogP contribution in [0.25, 0.3) is 0 Å². The Morgan fingerprint density at radius 1 is 1.20 bits per heavy atom. The fourth-order valence-corrected chi connectivity index (χ4v) is 3.53. The van der Waals surface area contributed by atoms with Crippen LogP contribution in [0, 0.1) is 6.92 Å². The molecule has 134 valence electrons. The maximum Gasteiger partial charge on any atom is 0.320 e. The number of sulfonamides is 1. The fraction of sp³-hybridized carbons (Fsp3) is 0.188. The van der Waals surface area contributed by atoms with E-state index in [0.717, 1.165) is 5.56 Å². The lowest BCUT2D eigenvalue weighted by Gasteiger charge is -2.13. The van der Waals surface area contributed by atoms with Crippen LogP contribution < -0.4 is 10.5 Å². The maximum atomic E-state index is 12.5. The van der Waals surface area contributed by atoms with Crippen molar-refractivity contribution in [3.63, 3.8) is 0 Å². The molecule has 0 aromatic heterocycles. The zero-order chi connectivity index (χ0) is 18.8. The van der Waals surface area contributed by atoms with Crippen molar-refractivity contribution in [2.75, 3.05) is 4.72 Å². The number of aliphatic carboxylic acids is 1. The molecule has 0 amide bonds. The Kier molecular flexibility index (Phi) is 5.95. The topological polar surface area (TPSA) is 109 Å². The molecule has 0 bridgehead atoms. The van der Waals surface area contributed by atoms with Gasteiger partial charge in [-0.2, -0.15) is 0 Å². The average Bonchev–Trinajstić information content (AvgIpc) is 2.52. The predicted molar refractivity (Wildman–Crippen MR) is 97.8 cm³/mol. The van der Waals surface area contributed by atoms with Gasteiger partial charge in [0.2, 0.25) is 0 Å². The molecule has 0 fully saturated rings. The summed E-state index contributed by atoms with van der Waals surface area (Å²) >= 11 is 11.7. The highest BCUT2D eigenvalue weighted by molar-refractivity contribution is 7.92. The van der Waals surface area contributed by atoms with E-state index in [1.165, 1.54) is 30.3 Å². The van der Waals surface area contributed by atoms with Crippen molar-refractivity contribution in [3.8, 4) is 0 Å². The van der Waals surface area contributed by atoms with Gasteiger partial charge in [0.25, 0.3) is 10.0 Å². The summed E-state index contributed by atoms with van der Waals surface area (Å²) in [4.78, 5) is 10.9. The smallest absolute Gasteiger partial charge is 0.320 e. The van der Waals surface area contributed by atoms with Crippen molar-refractivity contribution < 1.29 is 18.3 Å². The van der Waals surface area contributed by atoms with Crippen molar-refractivity contribution in [3.05, 3.63) is 57.6 Å². The van der Waals surface area contributed by atoms with Crippen LogP contribution in [-0.4, -0.2) is 25.5 Å². The number of anilines is 1. The number of aryl methyl sites for hydroxylation is 1. The van der Waals surface area contributed by atoms with E-state index in [4.69, 9.17) is 34.0 Å². The normalized spacial score (nSPS) is 12.6. The minimum atomic E-state index is -3.88. The highest BCUT2D eigenvalue weighted by Crippen LogP contribution is 2.27. The van der Waals surface area contributed by atoms with Gasteiger partial charge in [-0.15, -0.1) is 0 Å². The second-order valence-electron chi connectivity index (χ2n) is 5.47. The molecule has 0 aliphatic carbocycles. The van der Waals surface area contributed by atoms with Crippen LogP contribution >= 0.6 is 23.2 Å². The number of hydrogen-bond acceptors (Lipinski definition) is 4. The van der Waals surface area contributed by atoms with E-state index in [2.05, 4.69) is 4.72 Å². The number of carboxylic acid groups (broad SMARTS) is 1. The number of nitrogens with one attached hydrogen (secondary N) is 1. The Balaban J connectivity index is 2.32. The standard InChI is InChI=1S/C16H16Cl2N2O4S/c1-9-2-4-12(6-10(9)7-15(19)16(21)22)25(23,24)20-11-3-5-13(17)14(18)8-11/h2-6,8,15,20H,7,19H2,1H3,(H,21,22)/t15-/m0/s1. The first-order valence-corrected chi connectivity index (χ1v) is 9.40. The molecule has 4 N–H and O–H groups in total. The van der Waals surface area contributed by atoms with Gasteiger partial charge >= 0.3 is 5.97 Å². The summed E-state index contributed by atoms with van der Waals surface area (Å²) < 4.78 is 27.5. The van der Waals surface area contributed by atoms with E-state index in [9.17, 15) is 13.2 Å². The van der Waals surface area contributed by atoms with E-state index in [-0.39, 0.29) is 22.0 Å². The molecule has 9 heteroatoms. The molecule has 25 heavy (non-hydrogen) atoms. The van der Waals surface area contributed by atoms with Gasteiger partial charge in [-0.1, -0.05) is 29.3 Å². The zero-order valence-corrected chi connectivity index (χ0v) is 15.5. The van der Waals surface area contributed by atoms with Crippen molar-refractivity contribution >= 4 is 44.9 Å². The predicted octanol–water partition coefficient (Wildman–Crippen LogP) is 3.06. The second-order valence-corrected chi connectivity index (χ2v) is 7.97. The molecule has 0 saturated carbocycles. The van der Waals surface area contributed by atoms with E-state index in [0.29, 0.717) is 10.6 Å². The summed E-state index contributed by atoms with van der Waals surface area (Å²) in [6.45, 7) is 1.76. The van der Waals surface area contributed by atoms with Crippen molar-refractivity contribution in [1.82, 2.24) is 0 Å². The number of carboxylic acids is 1. The van der Waals surface area contributed by atoms with E-state index in [1.807, 2.05) is 0 Å². The molecular formula is C16H16Cl2N2O4S. The van der Waals surface area contributed by atoms with Gasteiger partial charge in [-0.25, -0.2) is 8.42 Å². The number of hydrogen-bond donors (Lipinski definition) is 3. The van der Waals surface area contributed by atoms with E-state index in [1.54, 1.807) is 13.0 Å². The SMILES string of the molecule is Cc1ccc(S(=O)(=O)Nc2ccc(Cl)c(Cl)c2)cc1C[C@H](N)C(=O)O. The quantitative estimate of drug-likeness (QED) is 0.687. The summed E-state index contributed by atoms with van der Waals surface area (Å²) in [6, 6.07) is 7.71. The van der Waals surface area contributed by atoms with Crippen LogP contribution in [-0.2, 0) is 21.2 Å². The number of nitrogens with two attached hydrogens (primary N) is 1. The van der Waals surface area contributed by atoms with E-state index < -0.39 is 22.0 Å². The molecule has 6 nitrogen and oxygen atoms in total. The number of carbonyl (C=O) groups is 1. The molecule has 0 radical (unpaired) electrons. The molecular weight excluding hydrogens is 387 g/mol. The van der Waals surface area contributed by atoms with Gasteiger partial charge in [0.15, 0.2) is 0 Å². The first-order valence-electron chi connectivity index (χ1n) is 7.16. The summed E-state index contributed by atoms with van der Waals surface area (Å²) in [5.74, 6) is -1.15. The third-order valence-electron chi connectivity index (χ3n) is 3.56. The van der Waals surface area contributed by atoms with Gasteiger partial charge in [0, 0.05) is 0 Å². The lowest BCUT2D eigenvalue weighted by Crippen LogP contribution is -2.32. The molecule has 2 aromatic rings. The van der Waals surface area contributed by atoms with Gasteiger partial charge in [-0.3, -0.25) is 9.52 Å². The summed E-state index contributed by atoms with van der Waals surface area (Å²) in [7, 11) is -3.88. The van der Waals surface area contributed by atoms with Crippen molar-refractivity contribution in [1.29, 1.82) is 0 Å². The summed E-state index contributed by atoms with van der Waals surface area (Å²) in [5.41, 5.74) is 7.10. The van der Waals surface area contributed by atoms with Gasteiger partial charge in [0.1, 0.15) is 6.04 Å². The van der Waals surface area contributed by atoms with Gasteiger partial charge in [-0.05, 0) is 54.8 Å². The summed E-state index contributed by atoms with van der Waals surface area (Å²) in [6.07, 6.45) is 0.0251. The zero-order valence-electron chi connectivity index (χ0n) is 13.2. The lowest BCUT2D eigenvalue weighted by molar-refractivity contribution is -0.138. The summed E-state index contributed by atoms with van der Waals surface area (Å²) in [5, 5.41) is 9.46. The van der Waals surface area contributed by atoms with Crippen LogP contribution in [0.5, 0.6) is 0 Å². The molecule has 2 aromatic carbocycles. The first kappa shape index (κ1) is 19.5. The maximum absolute atomic E-state index is 12.5. The third kappa shape index (κ3) is 4.85. The second kappa shape index (κ2) is 7.61. The van der Waals surface area contributed by atoms with Crippen LogP contribution in [0.15, 0.2) is 41.3 Å². The molecule has 0 unspecified atom stereocenters. The highest BCUT2D eigenvalue weighted by atomic mass is 35.5. The van der Waals surface area contributed by atoms with Gasteiger partial charge < -0.3 is 10.8 Å². The Hall–Kier alpha value is -1.80. The lowest BCUT2D eigenvalue weighted by atomic mass is 10.0. The Labute approximate surface area is 155 Å². The molecule has 0 spiro atoms. The van der Waals surface area contributed by atoms with Crippen LogP contribution in [0.4, 0.5) is 5.69 Å². The van der Waals surface area contributed by atoms with E-state index >= 15 is 0 Å². The molecule has 0 heterocycles. The monoisotopic (exact) mass is 402 g/mol. The Morgan fingerprint density at radius 2 is 1.88 bits per heavy atom. The Morgan fingerprint density at radius 3 is 2.48 bits per heavy atom. The number of halogens is 2. The molecule has 1 atom stereocenters. The van der Waals surface area contributed by atoms with Gasteiger partial charge in [0.05, 0.1) is 20.6 Å². The number of benzene rings is 2. The largest absolute Gasteiger partial charge is 0.480 e.